The summed E-state index contributed by atoms with van der Waals surface area (Å²) in [6.45, 7) is 16.5. The molecule has 21 heavy (non-hydrogen) atoms. The van der Waals surface area contributed by atoms with Crippen molar-refractivity contribution >= 4 is 0 Å². The van der Waals surface area contributed by atoms with E-state index in [1.807, 2.05) is 0 Å². The molecule has 0 radical (unpaired) electrons. The minimum atomic E-state index is 0.290. The summed E-state index contributed by atoms with van der Waals surface area (Å²) in [5.74, 6) is 0.869. The Morgan fingerprint density at radius 2 is 1.71 bits per heavy atom. The summed E-state index contributed by atoms with van der Waals surface area (Å²) in [6.07, 6.45) is 6.61. The summed E-state index contributed by atoms with van der Waals surface area (Å²) >= 11 is 0. The van der Waals surface area contributed by atoms with E-state index < -0.39 is 0 Å². The van der Waals surface area contributed by atoms with Gasteiger partial charge in [0.25, 0.3) is 0 Å². The summed E-state index contributed by atoms with van der Waals surface area (Å²) in [6, 6.07) is 0. The molecule has 1 atom stereocenters. The van der Waals surface area contributed by atoms with E-state index in [-0.39, 0.29) is 0 Å². The quantitative estimate of drug-likeness (QED) is 0.869. The first-order valence-electron chi connectivity index (χ1n) is 9.09. The summed E-state index contributed by atoms with van der Waals surface area (Å²) in [7, 11) is 0. The van der Waals surface area contributed by atoms with Gasteiger partial charge in [0.1, 0.15) is 0 Å². The highest BCUT2D eigenvalue weighted by atomic mass is 15.2. The van der Waals surface area contributed by atoms with Crippen LogP contribution in [0.2, 0.25) is 0 Å². The molecular formula is C18H37N3. The topological polar surface area (TPSA) is 32.5 Å². The summed E-state index contributed by atoms with van der Waals surface area (Å²) in [5.41, 5.74) is 7.01. The average Bonchev–Trinajstić information content (AvgIpc) is 2.73. The van der Waals surface area contributed by atoms with Crippen molar-refractivity contribution in [2.24, 2.45) is 17.1 Å². The number of likely N-dealkylation sites (tertiary alicyclic amines) is 2. The second-order valence-electron chi connectivity index (χ2n) is 8.34. The van der Waals surface area contributed by atoms with Crippen molar-refractivity contribution in [3.8, 4) is 0 Å². The van der Waals surface area contributed by atoms with E-state index in [1.54, 1.807) is 0 Å². The van der Waals surface area contributed by atoms with Gasteiger partial charge >= 0.3 is 0 Å². The van der Waals surface area contributed by atoms with Gasteiger partial charge < -0.3 is 10.6 Å². The Hall–Kier alpha value is -0.120. The maximum absolute atomic E-state index is 6.27. The minimum absolute atomic E-state index is 0.290. The zero-order valence-corrected chi connectivity index (χ0v) is 14.8. The van der Waals surface area contributed by atoms with Gasteiger partial charge in [0.2, 0.25) is 0 Å². The van der Waals surface area contributed by atoms with Gasteiger partial charge in [0.05, 0.1) is 0 Å². The van der Waals surface area contributed by atoms with Gasteiger partial charge in [-0.3, -0.25) is 4.90 Å². The predicted octanol–water partition coefficient (Wildman–Crippen LogP) is 2.95. The van der Waals surface area contributed by atoms with Crippen molar-refractivity contribution in [1.29, 1.82) is 0 Å². The van der Waals surface area contributed by atoms with Crippen molar-refractivity contribution in [1.82, 2.24) is 9.80 Å². The van der Waals surface area contributed by atoms with Gasteiger partial charge in [0, 0.05) is 12.1 Å². The van der Waals surface area contributed by atoms with Crippen LogP contribution in [-0.2, 0) is 0 Å². The second kappa shape index (κ2) is 6.97. The monoisotopic (exact) mass is 295 g/mol. The number of rotatable bonds is 3. The van der Waals surface area contributed by atoms with Crippen LogP contribution in [0.15, 0.2) is 0 Å². The average molecular weight is 296 g/mol. The van der Waals surface area contributed by atoms with Gasteiger partial charge in [-0.15, -0.1) is 0 Å². The molecule has 124 valence electrons. The summed E-state index contributed by atoms with van der Waals surface area (Å²) in [5, 5.41) is 0. The van der Waals surface area contributed by atoms with Crippen LogP contribution in [-0.4, -0.2) is 54.6 Å². The van der Waals surface area contributed by atoms with Crippen molar-refractivity contribution in [2.45, 2.75) is 65.3 Å². The third-order valence-corrected chi connectivity index (χ3v) is 6.24. The van der Waals surface area contributed by atoms with E-state index in [0.29, 0.717) is 11.0 Å². The number of nitrogens with two attached hydrogens (primary N) is 1. The molecule has 0 aliphatic carbocycles. The Morgan fingerprint density at radius 1 is 1.05 bits per heavy atom. The van der Waals surface area contributed by atoms with Crippen LogP contribution in [0.1, 0.15) is 59.8 Å². The normalized spacial score (nSPS) is 29.3. The molecule has 2 N–H and O–H groups in total. The Morgan fingerprint density at radius 3 is 2.24 bits per heavy atom. The fraction of sp³-hybridized carbons (Fsp3) is 1.00. The fourth-order valence-corrected chi connectivity index (χ4v) is 4.37. The van der Waals surface area contributed by atoms with E-state index in [9.17, 15) is 0 Å². The van der Waals surface area contributed by atoms with Crippen LogP contribution < -0.4 is 5.73 Å². The molecule has 0 aromatic carbocycles. The first kappa shape index (κ1) is 17.2. The Labute approximate surface area is 132 Å². The Balaban J connectivity index is 2.00. The SMILES string of the molecule is CCN1CCC(CN)(N2CCCC(C(C)(C)C)CC2)CC1. The first-order valence-corrected chi connectivity index (χ1v) is 9.09. The molecule has 2 rings (SSSR count). The number of hydrogen-bond acceptors (Lipinski definition) is 3. The molecule has 2 saturated heterocycles. The maximum atomic E-state index is 6.27. The predicted molar refractivity (Wildman–Crippen MR) is 91.5 cm³/mol. The molecule has 0 aromatic heterocycles. The lowest BCUT2D eigenvalue weighted by atomic mass is 9.76. The minimum Gasteiger partial charge on any atom is -0.329 e. The largest absolute Gasteiger partial charge is 0.329 e. The van der Waals surface area contributed by atoms with Crippen LogP contribution in [0.3, 0.4) is 0 Å². The van der Waals surface area contributed by atoms with Gasteiger partial charge in [-0.05, 0) is 76.2 Å². The van der Waals surface area contributed by atoms with E-state index in [4.69, 9.17) is 5.73 Å². The third-order valence-electron chi connectivity index (χ3n) is 6.24. The first-order chi connectivity index (χ1) is 9.91. The molecule has 3 nitrogen and oxygen atoms in total. The highest BCUT2D eigenvalue weighted by molar-refractivity contribution is 4.97. The molecule has 3 heteroatoms. The van der Waals surface area contributed by atoms with Crippen molar-refractivity contribution in [3.63, 3.8) is 0 Å². The van der Waals surface area contributed by atoms with Gasteiger partial charge in [-0.1, -0.05) is 27.7 Å². The molecule has 0 saturated carbocycles. The third kappa shape index (κ3) is 4.00. The molecule has 2 aliphatic rings. The summed E-state index contributed by atoms with van der Waals surface area (Å²) < 4.78 is 0. The number of piperidine rings is 1. The van der Waals surface area contributed by atoms with Crippen LogP contribution in [0, 0.1) is 11.3 Å². The van der Waals surface area contributed by atoms with E-state index in [1.165, 1.54) is 64.8 Å². The highest BCUT2D eigenvalue weighted by Crippen LogP contribution is 2.37. The molecule has 0 amide bonds. The number of nitrogens with zero attached hydrogens (tertiary/aromatic N) is 2. The van der Waals surface area contributed by atoms with Gasteiger partial charge in [-0.25, -0.2) is 0 Å². The lowest BCUT2D eigenvalue weighted by Gasteiger charge is -2.48. The van der Waals surface area contributed by atoms with E-state index in [0.717, 1.165) is 12.5 Å². The lowest BCUT2D eigenvalue weighted by Crippen LogP contribution is -2.59. The van der Waals surface area contributed by atoms with Crippen LogP contribution in [0.4, 0.5) is 0 Å². The molecule has 0 spiro atoms. The van der Waals surface area contributed by atoms with Crippen molar-refractivity contribution < 1.29 is 0 Å². The molecule has 2 fully saturated rings. The Bertz CT molecular complexity index is 313. The van der Waals surface area contributed by atoms with Gasteiger partial charge in [0.15, 0.2) is 0 Å². The molecule has 2 heterocycles. The van der Waals surface area contributed by atoms with Crippen molar-refractivity contribution in [3.05, 3.63) is 0 Å². The van der Waals surface area contributed by atoms with Crippen LogP contribution >= 0.6 is 0 Å². The molecular weight excluding hydrogens is 258 g/mol. The molecule has 1 unspecified atom stereocenters. The Kier molecular flexibility index (Phi) is 5.72. The van der Waals surface area contributed by atoms with Gasteiger partial charge in [-0.2, -0.15) is 0 Å². The second-order valence-corrected chi connectivity index (χ2v) is 8.34. The molecule has 0 bridgehead atoms. The van der Waals surface area contributed by atoms with Crippen molar-refractivity contribution in [2.75, 3.05) is 39.3 Å². The zero-order chi connectivity index (χ0) is 15.5. The summed E-state index contributed by atoms with van der Waals surface area (Å²) in [4.78, 5) is 5.34. The fourth-order valence-electron chi connectivity index (χ4n) is 4.37. The number of hydrogen-bond donors (Lipinski definition) is 1. The smallest absolute Gasteiger partial charge is 0.0356 e. The van der Waals surface area contributed by atoms with Crippen LogP contribution in [0.5, 0.6) is 0 Å². The zero-order valence-electron chi connectivity index (χ0n) is 14.8. The van der Waals surface area contributed by atoms with Crippen LogP contribution in [0.25, 0.3) is 0 Å². The van der Waals surface area contributed by atoms with E-state index in [2.05, 4.69) is 37.5 Å². The highest BCUT2D eigenvalue weighted by Gasteiger charge is 2.39. The molecule has 0 aromatic rings. The van der Waals surface area contributed by atoms with E-state index >= 15 is 0 Å². The maximum Gasteiger partial charge on any atom is 0.0356 e. The lowest BCUT2D eigenvalue weighted by molar-refractivity contribution is 0.0285. The standard InChI is InChI=1S/C18H37N3/c1-5-20-13-9-18(15-19,10-14-20)21-11-6-7-16(8-12-21)17(2,3)4/h16H,5-15,19H2,1-4H3. The molecule has 2 aliphatic heterocycles.